The lowest BCUT2D eigenvalue weighted by molar-refractivity contribution is 0.144. The first-order valence-corrected chi connectivity index (χ1v) is 8.43. The van der Waals surface area contributed by atoms with Crippen molar-refractivity contribution < 1.29 is 10.2 Å². The number of hydrogen-bond acceptors (Lipinski definition) is 3. The van der Waals surface area contributed by atoms with Crippen LogP contribution in [0.4, 0.5) is 0 Å². The second kappa shape index (κ2) is 15.0. The van der Waals surface area contributed by atoms with Crippen LogP contribution in [0.2, 0.25) is 0 Å². The third-order valence-corrected chi connectivity index (χ3v) is 3.71. The van der Waals surface area contributed by atoms with E-state index < -0.39 is 12.1 Å². The minimum absolute atomic E-state index is 0.177. The molecule has 0 amide bonds. The summed E-state index contributed by atoms with van der Waals surface area (Å²) < 4.78 is 0. The van der Waals surface area contributed by atoms with Crippen LogP contribution in [-0.2, 0) is 0 Å². The molecule has 0 saturated carbocycles. The van der Waals surface area contributed by atoms with Crippen LogP contribution < -0.4 is 5.73 Å². The maximum absolute atomic E-state index is 9.51. The molecular weight excluding hydrogens is 250 g/mol. The van der Waals surface area contributed by atoms with Gasteiger partial charge in [-0.1, -0.05) is 76.9 Å². The van der Waals surface area contributed by atoms with E-state index in [-0.39, 0.29) is 6.61 Å². The van der Waals surface area contributed by atoms with Crippen LogP contribution in [0.25, 0.3) is 0 Å². The topological polar surface area (TPSA) is 66.5 Å². The molecule has 0 aliphatic heterocycles. The zero-order valence-corrected chi connectivity index (χ0v) is 13.3. The number of nitrogens with two attached hydrogens (primary N) is 1. The normalized spacial score (nSPS) is 14.8. The Kier molecular flexibility index (Phi) is 14.7. The maximum atomic E-state index is 9.51. The third-order valence-electron chi connectivity index (χ3n) is 3.71. The fraction of sp³-hybridized carbons (Fsp3) is 0.882. The average molecular weight is 285 g/mol. The Morgan fingerprint density at radius 2 is 1.40 bits per heavy atom. The van der Waals surface area contributed by atoms with Crippen LogP contribution in [-0.4, -0.2) is 29.0 Å². The van der Waals surface area contributed by atoms with Crippen LogP contribution in [0.15, 0.2) is 12.2 Å². The minimum atomic E-state index is -0.719. The highest BCUT2D eigenvalue weighted by Crippen LogP contribution is 2.11. The number of aliphatic hydroxyl groups is 2. The molecule has 4 N–H and O–H groups in total. The molecule has 0 aliphatic rings. The Hall–Kier alpha value is -0.380. The second-order valence-electron chi connectivity index (χ2n) is 5.74. The van der Waals surface area contributed by atoms with Gasteiger partial charge < -0.3 is 15.9 Å². The van der Waals surface area contributed by atoms with Crippen molar-refractivity contribution in [3.8, 4) is 0 Å². The lowest BCUT2D eigenvalue weighted by atomic mass is 10.1. The molecular formula is C17H35NO2. The molecule has 0 rings (SSSR count). The van der Waals surface area contributed by atoms with Crippen LogP contribution in [0.1, 0.15) is 77.6 Å². The summed E-state index contributed by atoms with van der Waals surface area (Å²) in [7, 11) is 0. The zero-order valence-electron chi connectivity index (χ0n) is 13.3. The minimum Gasteiger partial charge on any atom is -0.395 e. The van der Waals surface area contributed by atoms with Gasteiger partial charge >= 0.3 is 0 Å². The Bertz CT molecular complexity index is 219. The van der Waals surface area contributed by atoms with Gasteiger partial charge in [0.2, 0.25) is 0 Å². The van der Waals surface area contributed by atoms with Crippen molar-refractivity contribution in [2.45, 2.75) is 89.7 Å². The third kappa shape index (κ3) is 12.6. The van der Waals surface area contributed by atoms with E-state index in [4.69, 9.17) is 10.8 Å². The largest absolute Gasteiger partial charge is 0.395 e. The molecule has 0 heterocycles. The lowest BCUT2D eigenvalue weighted by Crippen LogP contribution is -2.36. The van der Waals surface area contributed by atoms with Crippen LogP contribution in [0, 0.1) is 0 Å². The summed E-state index contributed by atoms with van der Waals surface area (Å²) in [5, 5.41) is 18.3. The van der Waals surface area contributed by atoms with Gasteiger partial charge in [-0.15, -0.1) is 0 Å². The molecule has 0 spiro atoms. The SMILES string of the molecule is CCCCCCCCCCCCC=C[C@@H](O)[C@@H](N)CO. The van der Waals surface area contributed by atoms with Gasteiger partial charge in [0.05, 0.1) is 18.8 Å². The van der Waals surface area contributed by atoms with Crippen LogP contribution >= 0.6 is 0 Å². The molecule has 20 heavy (non-hydrogen) atoms. The van der Waals surface area contributed by atoms with Crippen molar-refractivity contribution in [2.24, 2.45) is 5.73 Å². The number of unbranched alkanes of at least 4 members (excludes halogenated alkanes) is 10. The molecule has 0 aromatic heterocycles. The van der Waals surface area contributed by atoms with Crippen LogP contribution in [0.3, 0.4) is 0 Å². The molecule has 0 bridgehead atoms. The highest BCUT2D eigenvalue weighted by molar-refractivity contribution is 4.93. The van der Waals surface area contributed by atoms with Gasteiger partial charge in [0, 0.05) is 0 Å². The van der Waals surface area contributed by atoms with Crippen molar-refractivity contribution >= 4 is 0 Å². The standard InChI is InChI=1S/C17H35NO2/c1-2-3-4-5-6-7-8-9-10-11-12-13-14-17(20)16(18)15-19/h13-14,16-17,19-20H,2-12,15,18H2,1H3/t16-,17+/m0/s1. The van der Waals surface area contributed by atoms with Crippen molar-refractivity contribution in [1.82, 2.24) is 0 Å². The van der Waals surface area contributed by atoms with Gasteiger partial charge in [-0.2, -0.15) is 0 Å². The molecule has 0 aromatic rings. The Labute approximate surface area is 125 Å². The molecule has 0 saturated heterocycles. The smallest absolute Gasteiger partial charge is 0.0894 e. The molecule has 3 nitrogen and oxygen atoms in total. The molecule has 3 heteroatoms. The van der Waals surface area contributed by atoms with E-state index in [1.54, 1.807) is 6.08 Å². The zero-order chi connectivity index (χ0) is 15.1. The van der Waals surface area contributed by atoms with Gasteiger partial charge in [-0.25, -0.2) is 0 Å². The van der Waals surface area contributed by atoms with Gasteiger partial charge in [0.25, 0.3) is 0 Å². The number of hydrogen-bond donors (Lipinski definition) is 3. The van der Waals surface area contributed by atoms with Gasteiger partial charge in [0.1, 0.15) is 0 Å². The molecule has 0 unspecified atom stereocenters. The monoisotopic (exact) mass is 285 g/mol. The van der Waals surface area contributed by atoms with E-state index in [1.165, 1.54) is 64.2 Å². The summed E-state index contributed by atoms with van der Waals surface area (Å²) in [5.41, 5.74) is 5.50. The first-order chi connectivity index (χ1) is 9.72. The molecule has 0 aromatic carbocycles. The van der Waals surface area contributed by atoms with Crippen molar-refractivity contribution in [3.05, 3.63) is 12.2 Å². The quantitative estimate of drug-likeness (QED) is 0.338. The van der Waals surface area contributed by atoms with Gasteiger partial charge in [-0.05, 0) is 12.8 Å². The summed E-state index contributed by atoms with van der Waals surface area (Å²) in [5.74, 6) is 0. The van der Waals surface area contributed by atoms with E-state index in [0.717, 1.165) is 6.42 Å². The van der Waals surface area contributed by atoms with Crippen molar-refractivity contribution in [1.29, 1.82) is 0 Å². The van der Waals surface area contributed by atoms with E-state index >= 15 is 0 Å². The second-order valence-corrected chi connectivity index (χ2v) is 5.74. The summed E-state index contributed by atoms with van der Waals surface area (Å²) in [4.78, 5) is 0. The number of allylic oxidation sites excluding steroid dienone is 1. The molecule has 0 aliphatic carbocycles. The predicted octanol–water partition coefficient (Wildman–Crippen LogP) is 3.53. The van der Waals surface area contributed by atoms with E-state index in [9.17, 15) is 5.11 Å². The van der Waals surface area contributed by atoms with E-state index in [1.807, 2.05) is 6.08 Å². The highest BCUT2D eigenvalue weighted by Gasteiger charge is 2.08. The Morgan fingerprint density at radius 3 is 1.90 bits per heavy atom. The summed E-state index contributed by atoms with van der Waals surface area (Å²) in [6.07, 6.45) is 17.4. The van der Waals surface area contributed by atoms with Crippen molar-refractivity contribution in [3.63, 3.8) is 0 Å². The Morgan fingerprint density at radius 1 is 0.900 bits per heavy atom. The average Bonchev–Trinajstić information content (AvgIpc) is 2.47. The number of aliphatic hydroxyl groups excluding tert-OH is 2. The number of rotatable bonds is 14. The van der Waals surface area contributed by atoms with Crippen LogP contribution in [0.5, 0.6) is 0 Å². The summed E-state index contributed by atoms with van der Waals surface area (Å²) >= 11 is 0. The first-order valence-electron chi connectivity index (χ1n) is 8.43. The van der Waals surface area contributed by atoms with E-state index in [0.29, 0.717) is 0 Å². The molecule has 0 fully saturated rings. The molecule has 120 valence electrons. The first kappa shape index (κ1) is 19.6. The Balaban J connectivity index is 3.22. The molecule has 2 atom stereocenters. The highest BCUT2D eigenvalue weighted by atomic mass is 16.3. The lowest BCUT2D eigenvalue weighted by Gasteiger charge is -2.11. The summed E-state index contributed by atoms with van der Waals surface area (Å²) in [6.45, 7) is 2.08. The maximum Gasteiger partial charge on any atom is 0.0894 e. The fourth-order valence-electron chi connectivity index (χ4n) is 2.24. The predicted molar refractivity (Wildman–Crippen MR) is 86.7 cm³/mol. The molecule has 0 radical (unpaired) electrons. The van der Waals surface area contributed by atoms with Gasteiger partial charge in [0.15, 0.2) is 0 Å². The summed E-state index contributed by atoms with van der Waals surface area (Å²) in [6, 6.07) is -0.557. The van der Waals surface area contributed by atoms with E-state index in [2.05, 4.69) is 6.92 Å². The van der Waals surface area contributed by atoms with Gasteiger partial charge in [-0.3, -0.25) is 0 Å². The van der Waals surface area contributed by atoms with Crippen molar-refractivity contribution in [2.75, 3.05) is 6.61 Å². The fourth-order valence-corrected chi connectivity index (χ4v) is 2.24.